The van der Waals surface area contributed by atoms with Gasteiger partial charge in [-0.15, -0.1) is 0 Å². The molecule has 0 N–H and O–H groups in total. The van der Waals surface area contributed by atoms with Gasteiger partial charge in [0.15, 0.2) is 23.1 Å². The SMILES string of the molecule is [2H]c1c([2H])c([2H])c(-c2nc(-c3c([2H])c([2H])c([2H])c([2H])c3[2H])nc(-c3c([2H])c([2H])c([2H])c4c5c([2H])c([2H])c([2H])c([2H])c5n(-c5c([2H])c([2H])c([2H])c6c5oc5c(-c7c([2H])c([2H])c([2H])c([2H])c7[2H])c([2H])c([2H])c([2H])c56)c34)n2)c([2H])c1[2H]. The first-order valence-corrected chi connectivity index (χ1v) is 14.4. The van der Waals surface area contributed by atoms with Crippen molar-refractivity contribution < 1.29 is 42.8 Å². The van der Waals surface area contributed by atoms with Gasteiger partial charge in [0.2, 0.25) is 0 Å². The largest absolute Gasteiger partial charge is 0.453 e. The zero-order chi connectivity index (χ0) is 57.4. The fourth-order valence-electron chi connectivity index (χ4n) is 5.53. The molecule has 10 rings (SSSR count). The Bertz CT molecular complexity index is 4320. The van der Waals surface area contributed by atoms with Crippen molar-refractivity contribution in [3.63, 3.8) is 0 Å². The predicted molar refractivity (Wildman–Crippen MR) is 203 cm³/mol. The van der Waals surface area contributed by atoms with E-state index in [9.17, 15) is 9.60 Å². The predicted octanol–water partition coefficient (Wildman–Crippen LogP) is 11.5. The van der Waals surface area contributed by atoms with Crippen LogP contribution in [0.15, 0.2) is 174 Å². The first kappa shape index (κ1) is 11.9. The van der Waals surface area contributed by atoms with Crippen molar-refractivity contribution in [2.45, 2.75) is 0 Å². The summed E-state index contributed by atoms with van der Waals surface area (Å²) in [6.07, 6.45) is 0. The van der Waals surface area contributed by atoms with Crippen molar-refractivity contribution in [2.75, 3.05) is 0 Å². The number of para-hydroxylation sites is 4. The smallest absolute Gasteiger partial charge is 0.166 e. The minimum atomic E-state index is -1.04. The van der Waals surface area contributed by atoms with Crippen LogP contribution in [0, 0.1) is 0 Å². The Morgan fingerprint density at radius 2 is 0.900 bits per heavy atom. The van der Waals surface area contributed by atoms with E-state index in [1.54, 1.807) is 0 Å². The van der Waals surface area contributed by atoms with Crippen LogP contribution in [0.5, 0.6) is 0 Å². The summed E-state index contributed by atoms with van der Waals surface area (Å²) < 4.78 is 255. The van der Waals surface area contributed by atoms with Crippen molar-refractivity contribution in [3.8, 4) is 51.0 Å². The van der Waals surface area contributed by atoms with Crippen LogP contribution in [0.3, 0.4) is 0 Å². The number of nitrogens with zero attached hydrogens (tertiary/aromatic N) is 4. The van der Waals surface area contributed by atoms with Crippen molar-refractivity contribution >= 4 is 43.7 Å². The molecule has 5 nitrogen and oxygen atoms in total. The van der Waals surface area contributed by atoms with Gasteiger partial charge in [-0.05, 0) is 23.7 Å². The molecule has 10 aromatic rings. The Morgan fingerprint density at radius 1 is 0.400 bits per heavy atom. The van der Waals surface area contributed by atoms with E-state index in [1.165, 1.54) is 0 Å². The molecule has 0 bridgehead atoms. The second-order valence-corrected chi connectivity index (χ2v) is 10.3. The van der Waals surface area contributed by atoms with Gasteiger partial charge in [-0.2, -0.15) is 0 Å². The van der Waals surface area contributed by atoms with Crippen LogP contribution < -0.4 is 0 Å². The number of furan rings is 1. The number of rotatable bonds is 5. The minimum Gasteiger partial charge on any atom is -0.453 e. The van der Waals surface area contributed by atoms with Crippen LogP contribution in [0.2, 0.25) is 0 Å². The summed E-state index contributed by atoms with van der Waals surface area (Å²) in [4.78, 5) is 13.1. The van der Waals surface area contributed by atoms with Gasteiger partial charge in [0.1, 0.15) is 5.58 Å². The van der Waals surface area contributed by atoms with Crippen LogP contribution in [0.1, 0.15) is 38.4 Å². The van der Waals surface area contributed by atoms with Gasteiger partial charge < -0.3 is 8.98 Å². The summed E-state index contributed by atoms with van der Waals surface area (Å²) in [7, 11) is 0. The van der Waals surface area contributed by atoms with Crippen LogP contribution in [0.4, 0.5) is 0 Å². The lowest BCUT2D eigenvalue weighted by Crippen LogP contribution is -2.02. The summed E-state index contributed by atoms with van der Waals surface area (Å²) >= 11 is 0. The topological polar surface area (TPSA) is 56.7 Å². The number of hydrogen-bond acceptors (Lipinski definition) is 4. The maximum atomic E-state index is 9.58. The fraction of sp³-hybridized carbons (Fsp3) is 0. The highest BCUT2D eigenvalue weighted by Gasteiger charge is 2.23. The molecule has 0 fully saturated rings. The summed E-state index contributed by atoms with van der Waals surface area (Å²) in [6, 6.07) is -25.9. The van der Waals surface area contributed by atoms with E-state index in [0.29, 0.717) is 0 Å². The molecule has 5 heteroatoms. The Labute approximate surface area is 327 Å². The van der Waals surface area contributed by atoms with Crippen LogP contribution in [-0.4, -0.2) is 19.5 Å². The van der Waals surface area contributed by atoms with E-state index in [0.717, 1.165) is 4.57 Å². The van der Waals surface area contributed by atoms with Crippen LogP contribution in [-0.2, 0) is 0 Å². The number of hydrogen-bond donors (Lipinski definition) is 0. The zero-order valence-electron chi connectivity index (χ0n) is 52.7. The molecule has 0 atom stereocenters. The number of benzene rings is 7. The minimum absolute atomic E-state index is 0.574. The van der Waals surface area contributed by atoms with Crippen molar-refractivity contribution in [3.05, 3.63) is 169 Å². The maximum Gasteiger partial charge on any atom is 0.166 e. The molecule has 7 aromatic carbocycles. The highest BCUT2D eigenvalue weighted by Crippen LogP contribution is 2.42. The van der Waals surface area contributed by atoms with E-state index in [4.69, 9.17) is 33.2 Å². The molecule has 234 valence electrons. The number of aromatic nitrogens is 4. The third-order valence-corrected chi connectivity index (χ3v) is 7.59. The molecule has 0 saturated heterocycles. The second-order valence-electron chi connectivity index (χ2n) is 10.3. The van der Waals surface area contributed by atoms with Gasteiger partial charge in [0, 0.05) is 43.8 Å². The maximum absolute atomic E-state index is 9.58. The molecule has 0 aliphatic heterocycles. The first-order chi connectivity index (χ1) is 36.4. The lowest BCUT2D eigenvalue weighted by atomic mass is 10.0. The van der Waals surface area contributed by atoms with E-state index in [-0.39, 0.29) is 0 Å². The summed E-state index contributed by atoms with van der Waals surface area (Å²) in [6.45, 7) is 0. The standard InChI is InChI=1S/C45H28N4O/c1-4-15-29(16-5-1)32-22-12-24-35-36-25-14-28-39(42(36)50-41(32)35)49-38-27-11-10-21-33(38)34-23-13-26-37(40(34)49)45-47-43(30-17-6-2-7-18-30)46-44(48-45)31-19-8-3-9-20-31/h1-28H/i1D,2D,3D,4D,5D,6D,7D,8D,9D,10D,11D,12D,13D,14D,15D,16D,17D,18D,19D,20D,21D,22D,23D,24D,25D,26D,27D,28D. The average Bonchev–Trinajstić information content (AvgIpc) is 4.19. The average molecular weight is 669 g/mol. The molecular weight excluding hydrogens is 613 g/mol. The van der Waals surface area contributed by atoms with Gasteiger partial charge in [-0.1, -0.05) is 151 Å². The van der Waals surface area contributed by atoms with Crippen molar-refractivity contribution in [1.29, 1.82) is 0 Å². The van der Waals surface area contributed by atoms with E-state index in [1.807, 2.05) is 0 Å². The van der Waals surface area contributed by atoms with Gasteiger partial charge in [0.05, 0.1) is 55.1 Å². The highest BCUT2D eigenvalue weighted by atomic mass is 16.3. The Kier molecular flexibility index (Phi) is 2.72. The molecule has 0 spiro atoms. The van der Waals surface area contributed by atoms with Gasteiger partial charge >= 0.3 is 0 Å². The summed E-state index contributed by atoms with van der Waals surface area (Å²) in [5, 5.41) is -2.41. The van der Waals surface area contributed by atoms with E-state index in [2.05, 4.69) is 15.0 Å². The molecule has 0 aliphatic rings. The van der Waals surface area contributed by atoms with Crippen LogP contribution in [0.25, 0.3) is 94.7 Å². The third kappa shape index (κ3) is 4.45. The quantitative estimate of drug-likeness (QED) is 0.183. The van der Waals surface area contributed by atoms with Crippen molar-refractivity contribution in [2.24, 2.45) is 0 Å². The lowest BCUT2D eigenvalue weighted by Gasteiger charge is -2.13. The first-order valence-electron chi connectivity index (χ1n) is 28.4. The molecule has 0 amide bonds. The monoisotopic (exact) mass is 668 g/mol. The Morgan fingerprint density at radius 3 is 1.58 bits per heavy atom. The molecule has 3 aromatic heterocycles. The molecule has 0 aliphatic carbocycles. The van der Waals surface area contributed by atoms with Gasteiger partial charge in [-0.3, -0.25) is 0 Å². The number of fused-ring (bicyclic) bond motifs is 6. The van der Waals surface area contributed by atoms with E-state index < -0.39 is 264 Å². The van der Waals surface area contributed by atoms with Crippen molar-refractivity contribution in [1.82, 2.24) is 19.5 Å². The molecular formula is C45H28N4O. The molecule has 3 heterocycles. The lowest BCUT2D eigenvalue weighted by molar-refractivity contribution is 0.667. The third-order valence-electron chi connectivity index (χ3n) is 7.59. The second kappa shape index (κ2) is 11.4. The Balaban J connectivity index is 1.50. The Hall–Kier alpha value is -6.85. The van der Waals surface area contributed by atoms with Gasteiger partial charge in [0.25, 0.3) is 0 Å². The molecule has 0 unspecified atom stereocenters. The molecule has 0 radical (unpaired) electrons. The van der Waals surface area contributed by atoms with Gasteiger partial charge in [-0.25, -0.2) is 15.0 Å². The normalized spacial score (nSPS) is 19.4. The molecule has 50 heavy (non-hydrogen) atoms. The molecule has 0 saturated carbocycles. The fourth-order valence-corrected chi connectivity index (χ4v) is 5.53. The summed E-state index contributed by atoms with van der Waals surface area (Å²) in [5.41, 5.74) is -7.39. The highest BCUT2D eigenvalue weighted by molar-refractivity contribution is 6.16. The zero-order valence-corrected chi connectivity index (χ0v) is 24.7. The van der Waals surface area contributed by atoms with Crippen LogP contribution >= 0.6 is 0 Å². The van der Waals surface area contributed by atoms with E-state index >= 15 is 0 Å². The summed E-state index contributed by atoms with van der Waals surface area (Å²) in [5.74, 6) is -2.65.